The molecule has 0 bridgehead atoms. The zero-order valence-corrected chi connectivity index (χ0v) is 21.5. The maximum atomic E-state index is 12.1. The second-order valence-corrected chi connectivity index (χ2v) is 8.97. The molecule has 188 valence electrons. The summed E-state index contributed by atoms with van der Waals surface area (Å²) in [6, 6.07) is 5.76. The van der Waals surface area contributed by atoms with Crippen molar-refractivity contribution in [1.82, 2.24) is 0 Å². The third-order valence-electron chi connectivity index (χ3n) is 5.70. The topological polar surface area (TPSA) is 72.5 Å². The van der Waals surface area contributed by atoms with Crippen molar-refractivity contribution >= 4 is 12.0 Å². The molecule has 2 rings (SSSR count). The molecule has 1 aromatic carbocycles. The largest absolute Gasteiger partial charge is 0.504 e. The van der Waals surface area contributed by atoms with Crippen molar-refractivity contribution in [2.45, 2.75) is 52.4 Å². The Morgan fingerprint density at radius 3 is 2.56 bits per heavy atom. The molecule has 0 N–H and O–H groups in total. The van der Waals surface area contributed by atoms with Gasteiger partial charge in [-0.15, -0.1) is 0 Å². The van der Waals surface area contributed by atoms with Crippen LogP contribution in [0.25, 0.3) is 6.08 Å². The van der Waals surface area contributed by atoms with E-state index in [0.29, 0.717) is 30.3 Å². The number of esters is 1. The van der Waals surface area contributed by atoms with Gasteiger partial charge in [0.2, 0.25) is 0 Å². The number of rotatable bonds is 10. The Labute approximate surface area is 203 Å². The smallest absolute Gasteiger partial charge is 0.337 e. The molecule has 0 amide bonds. The third kappa shape index (κ3) is 7.37. The predicted molar refractivity (Wildman–Crippen MR) is 132 cm³/mol. The van der Waals surface area contributed by atoms with Crippen molar-refractivity contribution in [3.63, 3.8) is 0 Å². The van der Waals surface area contributed by atoms with E-state index in [-0.39, 0.29) is 18.1 Å². The first-order valence-corrected chi connectivity index (χ1v) is 11.4. The van der Waals surface area contributed by atoms with E-state index >= 15 is 0 Å². The standard InChI is InChI=1S/C27H38O7/c1-18(2)13-14-32-25-17-33-23-12-10-20(15-24(23)34-27(25,4)5)9-11-22(30-7)19(3)21(16-29-6)26(28)31-8/h9-13,15-16,19,22,25H,14,17H2,1-8H3/t19-,22-,25-/m0/s1. The number of allylic oxidation sites excluding steroid dienone is 1. The van der Waals surface area contributed by atoms with Crippen molar-refractivity contribution < 1.29 is 33.2 Å². The summed E-state index contributed by atoms with van der Waals surface area (Å²) in [6.07, 6.45) is 6.65. The second-order valence-electron chi connectivity index (χ2n) is 8.97. The van der Waals surface area contributed by atoms with E-state index in [1.165, 1.54) is 26.1 Å². The van der Waals surface area contributed by atoms with Gasteiger partial charge in [-0.1, -0.05) is 36.8 Å². The Kier molecular flexibility index (Phi) is 10.2. The molecule has 0 saturated carbocycles. The van der Waals surface area contributed by atoms with Crippen LogP contribution in [0.3, 0.4) is 0 Å². The summed E-state index contributed by atoms with van der Waals surface area (Å²) in [4.78, 5) is 12.1. The van der Waals surface area contributed by atoms with Crippen LogP contribution in [0.1, 0.15) is 40.2 Å². The molecule has 1 aliphatic heterocycles. The number of ether oxygens (including phenoxy) is 6. The van der Waals surface area contributed by atoms with E-state index in [9.17, 15) is 4.79 Å². The molecule has 1 heterocycles. The first kappa shape index (κ1) is 27.5. The van der Waals surface area contributed by atoms with E-state index in [1.807, 2.05) is 71.0 Å². The van der Waals surface area contributed by atoms with Crippen LogP contribution < -0.4 is 9.47 Å². The number of fused-ring (bicyclic) bond motifs is 1. The van der Waals surface area contributed by atoms with Crippen molar-refractivity contribution in [2.24, 2.45) is 5.92 Å². The van der Waals surface area contributed by atoms with Crippen LogP contribution in [0.5, 0.6) is 11.5 Å². The first-order chi connectivity index (χ1) is 16.1. The zero-order chi connectivity index (χ0) is 25.3. The minimum absolute atomic E-state index is 0.225. The summed E-state index contributed by atoms with van der Waals surface area (Å²) < 4.78 is 33.9. The third-order valence-corrected chi connectivity index (χ3v) is 5.70. The molecule has 1 aromatic rings. The van der Waals surface area contributed by atoms with E-state index in [2.05, 4.69) is 0 Å². The lowest BCUT2D eigenvalue weighted by molar-refractivity contribution is -0.137. The molecular weight excluding hydrogens is 436 g/mol. The summed E-state index contributed by atoms with van der Waals surface area (Å²) >= 11 is 0. The second kappa shape index (κ2) is 12.6. The van der Waals surface area contributed by atoms with Gasteiger partial charge in [-0.3, -0.25) is 0 Å². The molecule has 0 spiro atoms. The van der Waals surface area contributed by atoms with Crippen LogP contribution in [0.2, 0.25) is 0 Å². The lowest BCUT2D eigenvalue weighted by Gasteiger charge is -2.31. The summed E-state index contributed by atoms with van der Waals surface area (Å²) in [6.45, 7) is 10.9. The van der Waals surface area contributed by atoms with Gasteiger partial charge < -0.3 is 28.4 Å². The first-order valence-electron chi connectivity index (χ1n) is 11.4. The molecule has 0 radical (unpaired) electrons. The highest BCUT2D eigenvalue weighted by Crippen LogP contribution is 2.36. The lowest BCUT2D eigenvalue weighted by atomic mass is 9.95. The van der Waals surface area contributed by atoms with Crippen LogP contribution in [0.15, 0.2) is 47.8 Å². The van der Waals surface area contributed by atoms with Crippen LogP contribution in [0, 0.1) is 5.92 Å². The lowest BCUT2D eigenvalue weighted by Crippen LogP contribution is -2.45. The Balaban J connectivity index is 2.20. The number of carbonyl (C=O) groups excluding carboxylic acids is 1. The Morgan fingerprint density at radius 2 is 1.94 bits per heavy atom. The highest BCUT2D eigenvalue weighted by molar-refractivity contribution is 5.88. The normalized spacial score (nSPS) is 19.2. The molecular formula is C27H38O7. The van der Waals surface area contributed by atoms with Crippen LogP contribution in [-0.2, 0) is 23.7 Å². The van der Waals surface area contributed by atoms with Crippen molar-refractivity contribution in [3.05, 3.63) is 53.3 Å². The van der Waals surface area contributed by atoms with Crippen LogP contribution in [-0.4, -0.2) is 58.3 Å². The highest BCUT2D eigenvalue weighted by Gasteiger charge is 2.36. The van der Waals surface area contributed by atoms with Gasteiger partial charge in [0.05, 0.1) is 38.8 Å². The molecule has 1 aliphatic rings. The molecule has 0 fully saturated rings. The van der Waals surface area contributed by atoms with Gasteiger partial charge in [0.1, 0.15) is 18.3 Å². The molecule has 0 unspecified atom stereocenters. The van der Waals surface area contributed by atoms with Gasteiger partial charge in [-0.2, -0.15) is 0 Å². The van der Waals surface area contributed by atoms with Gasteiger partial charge in [-0.05, 0) is 45.4 Å². The summed E-state index contributed by atoms with van der Waals surface area (Å²) in [5.74, 6) is 0.582. The average molecular weight is 475 g/mol. The number of carbonyl (C=O) groups is 1. The molecule has 0 aromatic heterocycles. The molecule has 7 nitrogen and oxygen atoms in total. The fourth-order valence-electron chi connectivity index (χ4n) is 3.54. The molecule has 0 aliphatic carbocycles. The number of hydrogen-bond acceptors (Lipinski definition) is 7. The molecule has 0 saturated heterocycles. The highest BCUT2D eigenvalue weighted by atomic mass is 16.6. The van der Waals surface area contributed by atoms with E-state index in [4.69, 9.17) is 28.4 Å². The van der Waals surface area contributed by atoms with E-state index < -0.39 is 11.6 Å². The van der Waals surface area contributed by atoms with E-state index in [0.717, 1.165) is 5.56 Å². The van der Waals surface area contributed by atoms with Crippen molar-refractivity contribution in [2.75, 3.05) is 34.5 Å². The van der Waals surface area contributed by atoms with Crippen LogP contribution in [0.4, 0.5) is 0 Å². The van der Waals surface area contributed by atoms with Crippen molar-refractivity contribution in [1.29, 1.82) is 0 Å². The van der Waals surface area contributed by atoms with E-state index in [1.54, 1.807) is 7.11 Å². The molecule has 34 heavy (non-hydrogen) atoms. The minimum Gasteiger partial charge on any atom is -0.504 e. The zero-order valence-electron chi connectivity index (χ0n) is 21.5. The number of methoxy groups -OCH3 is 3. The Bertz CT molecular complexity index is 910. The average Bonchev–Trinajstić information content (AvgIpc) is 2.91. The SMILES string of the molecule is COC=C(C(=O)OC)[C@H](C)[C@H](C=Cc1ccc2c(c1)OC(C)(C)[C@@H](OCC=C(C)C)CO2)OC. The predicted octanol–water partition coefficient (Wildman–Crippen LogP) is 4.96. The van der Waals surface area contributed by atoms with Crippen molar-refractivity contribution in [3.8, 4) is 11.5 Å². The van der Waals surface area contributed by atoms with Gasteiger partial charge in [-0.25, -0.2) is 4.79 Å². The number of hydrogen-bond donors (Lipinski definition) is 0. The fourth-order valence-corrected chi connectivity index (χ4v) is 3.54. The molecule has 7 heteroatoms. The van der Waals surface area contributed by atoms with Gasteiger partial charge >= 0.3 is 5.97 Å². The maximum absolute atomic E-state index is 12.1. The van der Waals surface area contributed by atoms with Crippen LogP contribution >= 0.6 is 0 Å². The minimum atomic E-state index is -0.576. The number of benzene rings is 1. The fraction of sp³-hybridized carbons (Fsp3) is 0.519. The monoisotopic (exact) mass is 474 g/mol. The Morgan fingerprint density at radius 1 is 1.21 bits per heavy atom. The van der Waals surface area contributed by atoms with Gasteiger partial charge in [0.25, 0.3) is 0 Å². The van der Waals surface area contributed by atoms with Gasteiger partial charge in [0.15, 0.2) is 11.5 Å². The quantitative estimate of drug-likeness (QED) is 0.205. The summed E-state index contributed by atoms with van der Waals surface area (Å²) in [5.41, 5.74) is 1.92. The molecule has 3 atom stereocenters. The maximum Gasteiger partial charge on any atom is 0.337 e. The summed E-state index contributed by atoms with van der Waals surface area (Å²) in [7, 11) is 4.43. The van der Waals surface area contributed by atoms with Gasteiger partial charge in [0, 0.05) is 13.0 Å². The summed E-state index contributed by atoms with van der Waals surface area (Å²) in [5, 5.41) is 0. The Hall–Kier alpha value is -2.77.